The maximum Gasteiger partial charge on any atom is 0.335 e. The molecule has 0 radical (unpaired) electrons. The zero-order valence-corrected chi connectivity index (χ0v) is 13.8. The van der Waals surface area contributed by atoms with Gasteiger partial charge in [0, 0.05) is 12.1 Å². The van der Waals surface area contributed by atoms with E-state index in [9.17, 15) is 14.4 Å². The second kappa shape index (κ2) is 7.17. The number of para-hydroxylation sites is 3. The average Bonchev–Trinajstić information content (AvgIpc) is 2.62. The molecule has 0 fully saturated rings. The molecule has 2 aromatic rings. The number of esters is 1. The van der Waals surface area contributed by atoms with Gasteiger partial charge in [0.1, 0.15) is 6.04 Å². The van der Waals surface area contributed by atoms with Gasteiger partial charge in [-0.15, -0.1) is 0 Å². The summed E-state index contributed by atoms with van der Waals surface area (Å²) in [5.41, 5.74) is 1.14. The van der Waals surface area contributed by atoms with Gasteiger partial charge in [-0.25, -0.2) is 4.79 Å². The Morgan fingerprint density at radius 1 is 1.08 bits per heavy atom. The standard InChI is InChI=1S/C19H18N2O4/c1-2-18(23)21-14-10-6-7-11-16(14)25-19(24)15(21)12-17(22)20-13-8-4-3-5-9-13/h3-11,15H,2,12H2,1H3,(H,20,22)/t15-/m0/s1. The van der Waals surface area contributed by atoms with Crippen LogP contribution in [-0.4, -0.2) is 23.8 Å². The number of carbonyl (C=O) groups is 3. The monoisotopic (exact) mass is 338 g/mol. The largest absolute Gasteiger partial charge is 0.423 e. The van der Waals surface area contributed by atoms with Crippen molar-refractivity contribution in [2.75, 3.05) is 10.2 Å². The number of hydrogen-bond donors (Lipinski definition) is 1. The number of nitrogens with one attached hydrogen (secondary N) is 1. The fourth-order valence-electron chi connectivity index (χ4n) is 2.75. The molecule has 2 aromatic carbocycles. The lowest BCUT2D eigenvalue weighted by atomic mass is 10.1. The van der Waals surface area contributed by atoms with Gasteiger partial charge < -0.3 is 10.1 Å². The Labute approximate surface area is 145 Å². The summed E-state index contributed by atoms with van der Waals surface area (Å²) >= 11 is 0. The Hall–Kier alpha value is -3.15. The van der Waals surface area contributed by atoms with Crippen LogP contribution in [0.3, 0.4) is 0 Å². The van der Waals surface area contributed by atoms with Crippen molar-refractivity contribution in [3.63, 3.8) is 0 Å². The minimum Gasteiger partial charge on any atom is -0.423 e. The molecular weight excluding hydrogens is 320 g/mol. The van der Waals surface area contributed by atoms with Crippen LogP contribution in [0.1, 0.15) is 19.8 Å². The maximum absolute atomic E-state index is 12.4. The van der Waals surface area contributed by atoms with Crippen LogP contribution in [0.2, 0.25) is 0 Å². The minimum absolute atomic E-state index is 0.173. The van der Waals surface area contributed by atoms with E-state index in [1.807, 2.05) is 6.07 Å². The molecule has 128 valence electrons. The lowest BCUT2D eigenvalue weighted by Gasteiger charge is -2.34. The number of carbonyl (C=O) groups excluding carboxylic acids is 3. The van der Waals surface area contributed by atoms with E-state index >= 15 is 0 Å². The summed E-state index contributed by atoms with van der Waals surface area (Å²) in [6, 6.07) is 14.8. The minimum atomic E-state index is -0.980. The van der Waals surface area contributed by atoms with Gasteiger partial charge in [0.25, 0.3) is 0 Å². The molecule has 1 atom stereocenters. The molecule has 0 unspecified atom stereocenters. The molecule has 6 nitrogen and oxygen atoms in total. The molecule has 1 aliphatic rings. The molecule has 0 saturated carbocycles. The van der Waals surface area contributed by atoms with E-state index in [1.165, 1.54) is 4.90 Å². The zero-order chi connectivity index (χ0) is 17.8. The number of anilines is 2. The predicted octanol–water partition coefficient (Wildman–Crippen LogP) is 2.75. The van der Waals surface area contributed by atoms with Crippen molar-refractivity contribution >= 4 is 29.2 Å². The van der Waals surface area contributed by atoms with Gasteiger partial charge in [-0.3, -0.25) is 14.5 Å². The lowest BCUT2D eigenvalue weighted by molar-refractivity contribution is -0.140. The normalized spacial score (nSPS) is 16.0. The summed E-state index contributed by atoms with van der Waals surface area (Å²) < 4.78 is 5.31. The zero-order valence-electron chi connectivity index (χ0n) is 13.8. The average molecular weight is 338 g/mol. The second-order valence-corrected chi connectivity index (χ2v) is 5.64. The third-order valence-electron chi connectivity index (χ3n) is 3.93. The van der Waals surface area contributed by atoms with Gasteiger partial charge in [-0.2, -0.15) is 0 Å². The Balaban J connectivity index is 1.84. The number of nitrogens with zero attached hydrogens (tertiary/aromatic N) is 1. The topological polar surface area (TPSA) is 75.7 Å². The third kappa shape index (κ3) is 3.52. The number of benzene rings is 2. The predicted molar refractivity (Wildman–Crippen MR) is 93.3 cm³/mol. The summed E-state index contributed by atoms with van der Waals surface area (Å²) in [7, 11) is 0. The number of rotatable bonds is 4. The second-order valence-electron chi connectivity index (χ2n) is 5.64. The molecule has 3 rings (SSSR count). The Bertz CT molecular complexity index is 804. The Kier molecular flexibility index (Phi) is 4.79. The van der Waals surface area contributed by atoms with E-state index < -0.39 is 12.0 Å². The van der Waals surface area contributed by atoms with Crippen molar-refractivity contribution in [2.45, 2.75) is 25.8 Å². The van der Waals surface area contributed by atoms with E-state index in [4.69, 9.17) is 4.74 Å². The smallest absolute Gasteiger partial charge is 0.335 e. The molecule has 1 N–H and O–H groups in total. The van der Waals surface area contributed by atoms with Crippen molar-refractivity contribution in [3.05, 3.63) is 54.6 Å². The number of hydrogen-bond acceptors (Lipinski definition) is 4. The summed E-state index contributed by atoms with van der Waals surface area (Å²) in [6.07, 6.45) is 0.0478. The summed E-state index contributed by atoms with van der Waals surface area (Å²) in [6.45, 7) is 1.71. The molecule has 2 amide bonds. The molecular formula is C19H18N2O4. The first-order valence-corrected chi connectivity index (χ1v) is 8.08. The van der Waals surface area contributed by atoms with Gasteiger partial charge in [-0.1, -0.05) is 37.3 Å². The number of fused-ring (bicyclic) bond motifs is 1. The van der Waals surface area contributed by atoms with E-state index in [1.54, 1.807) is 55.5 Å². The lowest BCUT2D eigenvalue weighted by Crippen LogP contribution is -2.51. The molecule has 0 aliphatic carbocycles. The van der Waals surface area contributed by atoms with Crippen LogP contribution in [0.25, 0.3) is 0 Å². The molecule has 0 aromatic heterocycles. The third-order valence-corrected chi connectivity index (χ3v) is 3.93. The van der Waals surface area contributed by atoms with Gasteiger partial charge in [-0.05, 0) is 24.3 Å². The molecule has 1 aliphatic heterocycles. The molecule has 0 bridgehead atoms. The van der Waals surface area contributed by atoms with E-state index in [0.29, 0.717) is 17.1 Å². The van der Waals surface area contributed by atoms with Crippen LogP contribution < -0.4 is 15.0 Å². The van der Waals surface area contributed by atoms with E-state index in [0.717, 1.165) is 0 Å². The highest BCUT2D eigenvalue weighted by Gasteiger charge is 2.39. The van der Waals surface area contributed by atoms with Crippen molar-refractivity contribution in [3.8, 4) is 5.75 Å². The highest BCUT2D eigenvalue weighted by atomic mass is 16.5. The van der Waals surface area contributed by atoms with E-state index in [-0.39, 0.29) is 24.7 Å². The highest BCUT2D eigenvalue weighted by molar-refractivity contribution is 6.06. The number of amides is 2. The quantitative estimate of drug-likeness (QED) is 0.687. The van der Waals surface area contributed by atoms with Crippen LogP contribution in [0.15, 0.2) is 54.6 Å². The van der Waals surface area contributed by atoms with Crippen molar-refractivity contribution in [2.24, 2.45) is 0 Å². The number of ether oxygens (including phenoxy) is 1. The summed E-state index contributed by atoms with van der Waals surface area (Å²) in [4.78, 5) is 38.5. The van der Waals surface area contributed by atoms with Gasteiger partial charge in [0.05, 0.1) is 12.1 Å². The fraction of sp³-hybridized carbons (Fsp3) is 0.211. The van der Waals surface area contributed by atoms with Gasteiger partial charge in [0.2, 0.25) is 11.8 Å². The molecule has 0 spiro atoms. The van der Waals surface area contributed by atoms with Crippen LogP contribution in [0.5, 0.6) is 5.75 Å². The van der Waals surface area contributed by atoms with Gasteiger partial charge in [0.15, 0.2) is 5.75 Å². The van der Waals surface area contributed by atoms with Crippen molar-refractivity contribution in [1.82, 2.24) is 0 Å². The van der Waals surface area contributed by atoms with E-state index in [2.05, 4.69) is 5.32 Å². The first kappa shape index (κ1) is 16.7. The SMILES string of the molecule is CCC(=O)N1c2ccccc2OC(=O)[C@@H]1CC(=O)Nc1ccccc1. The maximum atomic E-state index is 12.4. The molecule has 6 heteroatoms. The van der Waals surface area contributed by atoms with Crippen molar-refractivity contribution in [1.29, 1.82) is 0 Å². The summed E-state index contributed by atoms with van der Waals surface area (Å²) in [5, 5.41) is 2.73. The fourth-order valence-corrected chi connectivity index (χ4v) is 2.75. The molecule has 25 heavy (non-hydrogen) atoms. The summed E-state index contributed by atoms with van der Waals surface area (Å²) in [5.74, 6) is -0.874. The van der Waals surface area contributed by atoms with Crippen LogP contribution >= 0.6 is 0 Å². The first-order valence-electron chi connectivity index (χ1n) is 8.08. The Morgan fingerprint density at radius 2 is 1.76 bits per heavy atom. The van der Waals surface area contributed by atoms with Gasteiger partial charge >= 0.3 is 5.97 Å². The molecule has 1 heterocycles. The van der Waals surface area contributed by atoms with Crippen LogP contribution in [0, 0.1) is 0 Å². The Morgan fingerprint density at radius 3 is 2.48 bits per heavy atom. The van der Waals surface area contributed by atoms with Crippen LogP contribution in [0.4, 0.5) is 11.4 Å². The highest BCUT2D eigenvalue weighted by Crippen LogP contribution is 2.35. The van der Waals surface area contributed by atoms with Crippen LogP contribution in [-0.2, 0) is 14.4 Å². The van der Waals surface area contributed by atoms with Crippen molar-refractivity contribution < 1.29 is 19.1 Å². The first-order chi connectivity index (χ1) is 12.1. The molecule has 0 saturated heterocycles.